The maximum absolute atomic E-state index is 13.3. The zero-order valence-corrected chi connectivity index (χ0v) is 15.7. The highest BCUT2D eigenvalue weighted by atomic mass is 32.2. The van der Waals surface area contributed by atoms with Crippen LogP contribution < -0.4 is 5.32 Å². The Morgan fingerprint density at radius 1 is 0.880 bits per heavy atom. The van der Waals surface area contributed by atoms with Crippen LogP contribution in [0.3, 0.4) is 0 Å². The highest BCUT2D eigenvalue weighted by Gasteiger charge is 2.53. The number of sulfone groups is 1. The third-order valence-corrected chi connectivity index (χ3v) is 8.35. The summed E-state index contributed by atoms with van der Waals surface area (Å²) in [5.41, 5.74) is 0. The third-order valence-electron chi connectivity index (χ3n) is 5.83. The van der Waals surface area contributed by atoms with Gasteiger partial charge in [0.25, 0.3) is 0 Å². The molecule has 0 aromatic heterocycles. The van der Waals surface area contributed by atoms with Crippen LogP contribution in [-0.4, -0.2) is 25.1 Å². The second kappa shape index (κ2) is 7.90. The van der Waals surface area contributed by atoms with E-state index < -0.39 is 14.6 Å². The van der Waals surface area contributed by atoms with E-state index in [4.69, 9.17) is 0 Å². The molecule has 2 fully saturated rings. The molecule has 2 aliphatic rings. The molecular weight excluding hydrogens is 334 g/mol. The van der Waals surface area contributed by atoms with E-state index >= 15 is 0 Å². The summed E-state index contributed by atoms with van der Waals surface area (Å²) in [4.78, 5) is 13.4. The Balaban J connectivity index is 1.83. The van der Waals surface area contributed by atoms with Crippen molar-refractivity contribution < 1.29 is 13.2 Å². The number of benzene rings is 1. The van der Waals surface area contributed by atoms with Crippen molar-refractivity contribution in [3.05, 3.63) is 30.3 Å². The van der Waals surface area contributed by atoms with Gasteiger partial charge in [0.1, 0.15) is 0 Å². The van der Waals surface area contributed by atoms with Crippen LogP contribution in [0.1, 0.15) is 70.6 Å². The van der Waals surface area contributed by atoms with Gasteiger partial charge in [-0.05, 0) is 37.8 Å². The van der Waals surface area contributed by atoms with Gasteiger partial charge in [0, 0.05) is 6.04 Å². The molecule has 2 aliphatic carbocycles. The molecule has 3 rings (SSSR count). The Bertz CT molecular complexity index is 670. The topological polar surface area (TPSA) is 63.2 Å². The largest absolute Gasteiger partial charge is 0.352 e. The quantitative estimate of drug-likeness (QED) is 0.879. The number of hydrogen-bond donors (Lipinski definition) is 1. The van der Waals surface area contributed by atoms with Gasteiger partial charge in [-0.3, -0.25) is 4.79 Å². The standard InChI is InChI=1S/C20H29NO3S/c22-19(21-17-11-5-2-1-3-6-12-17)20(15-9-10-16-20)25(23,24)18-13-7-4-8-14-18/h4,7-8,13-14,17H,1-3,5-6,9-12,15-16H2,(H,21,22). The first-order valence-electron chi connectivity index (χ1n) is 9.67. The van der Waals surface area contributed by atoms with Crippen LogP contribution in [0, 0.1) is 0 Å². The van der Waals surface area contributed by atoms with E-state index in [1.165, 1.54) is 19.3 Å². The fraction of sp³-hybridized carbons (Fsp3) is 0.650. The van der Waals surface area contributed by atoms with Gasteiger partial charge in [0.05, 0.1) is 4.90 Å². The fourth-order valence-corrected chi connectivity index (χ4v) is 6.40. The van der Waals surface area contributed by atoms with Crippen LogP contribution in [-0.2, 0) is 14.6 Å². The molecule has 4 nitrogen and oxygen atoms in total. The lowest BCUT2D eigenvalue weighted by atomic mass is 9.96. The lowest BCUT2D eigenvalue weighted by Gasteiger charge is -2.31. The lowest BCUT2D eigenvalue weighted by Crippen LogP contribution is -2.53. The van der Waals surface area contributed by atoms with Gasteiger partial charge in [-0.2, -0.15) is 0 Å². The van der Waals surface area contributed by atoms with Crippen molar-refractivity contribution in [2.75, 3.05) is 0 Å². The molecule has 5 heteroatoms. The van der Waals surface area contributed by atoms with Crippen LogP contribution in [0.25, 0.3) is 0 Å². The second-order valence-electron chi connectivity index (χ2n) is 7.53. The summed E-state index contributed by atoms with van der Waals surface area (Å²) in [7, 11) is -3.68. The SMILES string of the molecule is O=C(NC1CCCCCCC1)C1(S(=O)(=O)c2ccccc2)CCCC1. The Labute approximate surface area is 151 Å². The van der Waals surface area contributed by atoms with Crippen LogP contribution >= 0.6 is 0 Å². The molecule has 1 amide bonds. The summed E-state index contributed by atoms with van der Waals surface area (Å²) in [6.45, 7) is 0. The first kappa shape index (κ1) is 18.4. The van der Waals surface area contributed by atoms with Crippen molar-refractivity contribution in [1.29, 1.82) is 0 Å². The Morgan fingerprint density at radius 2 is 1.44 bits per heavy atom. The van der Waals surface area contributed by atoms with Crippen molar-refractivity contribution in [2.24, 2.45) is 0 Å². The molecule has 0 unspecified atom stereocenters. The fourth-order valence-electron chi connectivity index (χ4n) is 4.31. The van der Waals surface area contributed by atoms with Gasteiger partial charge >= 0.3 is 0 Å². The summed E-state index contributed by atoms with van der Waals surface area (Å²) < 4.78 is 25.3. The van der Waals surface area contributed by atoms with Crippen LogP contribution in [0.5, 0.6) is 0 Å². The number of rotatable bonds is 4. The minimum atomic E-state index is -3.68. The molecule has 0 aliphatic heterocycles. The van der Waals surface area contributed by atoms with Crippen LogP contribution in [0.15, 0.2) is 35.2 Å². The van der Waals surface area contributed by atoms with E-state index in [-0.39, 0.29) is 16.8 Å². The zero-order chi connectivity index (χ0) is 17.8. The van der Waals surface area contributed by atoms with Crippen molar-refractivity contribution in [3.63, 3.8) is 0 Å². The van der Waals surface area contributed by atoms with Gasteiger partial charge in [0.15, 0.2) is 14.6 Å². The average molecular weight is 364 g/mol. The number of carbonyl (C=O) groups is 1. The molecular formula is C20H29NO3S. The summed E-state index contributed by atoms with van der Waals surface area (Å²) in [6.07, 6.45) is 10.3. The molecule has 25 heavy (non-hydrogen) atoms. The maximum Gasteiger partial charge on any atom is 0.242 e. The van der Waals surface area contributed by atoms with Crippen molar-refractivity contribution in [3.8, 4) is 0 Å². The number of nitrogens with one attached hydrogen (secondary N) is 1. The first-order valence-corrected chi connectivity index (χ1v) is 11.2. The summed E-state index contributed by atoms with van der Waals surface area (Å²) in [5.74, 6) is -0.264. The van der Waals surface area contributed by atoms with Gasteiger partial charge < -0.3 is 5.32 Å². The minimum absolute atomic E-state index is 0.122. The molecule has 0 spiro atoms. The molecule has 1 aromatic rings. The van der Waals surface area contributed by atoms with Crippen LogP contribution in [0.2, 0.25) is 0 Å². The number of hydrogen-bond acceptors (Lipinski definition) is 3. The predicted octanol–water partition coefficient (Wildman–Crippen LogP) is 4.00. The Hall–Kier alpha value is -1.36. The molecule has 0 heterocycles. The average Bonchev–Trinajstić information content (AvgIpc) is 3.09. The normalized spacial score (nSPS) is 22.1. The monoisotopic (exact) mass is 363 g/mol. The maximum atomic E-state index is 13.3. The molecule has 0 saturated heterocycles. The predicted molar refractivity (Wildman–Crippen MR) is 99.1 cm³/mol. The highest BCUT2D eigenvalue weighted by Crippen LogP contribution is 2.41. The molecule has 0 radical (unpaired) electrons. The molecule has 1 N–H and O–H groups in total. The molecule has 0 bridgehead atoms. The van der Waals surface area contributed by atoms with Crippen molar-refractivity contribution in [1.82, 2.24) is 5.32 Å². The molecule has 138 valence electrons. The Morgan fingerprint density at radius 3 is 2.04 bits per heavy atom. The first-order chi connectivity index (χ1) is 12.1. The van der Waals surface area contributed by atoms with Crippen LogP contribution in [0.4, 0.5) is 0 Å². The number of carbonyl (C=O) groups excluding carboxylic acids is 1. The van der Waals surface area contributed by atoms with Crippen molar-refractivity contribution >= 4 is 15.7 Å². The van der Waals surface area contributed by atoms with Crippen molar-refractivity contribution in [2.45, 2.75) is 86.3 Å². The molecule has 1 aromatic carbocycles. The van der Waals surface area contributed by atoms with Gasteiger partial charge in [-0.25, -0.2) is 8.42 Å². The summed E-state index contributed by atoms with van der Waals surface area (Å²) in [6, 6.07) is 8.59. The van der Waals surface area contributed by atoms with E-state index in [9.17, 15) is 13.2 Å². The van der Waals surface area contributed by atoms with E-state index in [1.54, 1.807) is 30.3 Å². The summed E-state index contributed by atoms with van der Waals surface area (Å²) >= 11 is 0. The van der Waals surface area contributed by atoms with Gasteiger partial charge in [0.2, 0.25) is 5.91 Å². The van der Waals surface area contributed by atoms with E-state index in [0.29, 0.717) is 12.8 Å². The van der Waals surface area contributed by atoms with E-state index in [2.05, 4.69) is 5.32 Å². The summed E-state index contributed by atoms with van der Waals surface area (Å²) in [5, 5.41) is 3.13. The second-order valence-corrected chi connectivity index (χ2v) is 9.79. The number of amides is 1. The van der Waals surface area contributed by atoms with E-state index in [0.717, 1.165) is 38.5 Å². The third kappa shape index (κ3) is 3.76. The molecule has 0 atom stereocenters. The highest BCUT2D eigenvalue weighted by molar-refractivity contribution is 7.93. The Kier molecular flexibility index (Phi) is 5.82. The lowest BCUT2D eigenvalue weighted by molar-refractivity contribution is -0.124. The van der Waals surface area contributed by atoms with Gasteiger partial charge in [-0.1, -0.05) is 63.1 Å². The zero-order valence-electron chi connectivity index (χ0n) is 14.9. The smallest absolute Gasteiger partial charge is 0.242 e. The minimum Gasteiger partial charge on any atom is -0.352 e. The van der Waals surface area contributed by atoms with E-state index in [1.807, 2.05) is 0 Å². The van der Waals surface area contributed by atoms with Gasteiger partial charge in [-0.15, -0.1) is 0 Å². The molecule has 2 saturated carbocycles.